The second kappa shape index (κ2) is 14.7. The van der Waals surface area contributed by atoms with E-state index in [2.05, 4.69) is 46.4 Å². The van der Waals surface area contributed by atoms with E-state index in [4.69, 9.17) is 21.1 Å². The first-order chi connectivity index (χ1) is 25.7. The van der Waals surface area contributed by atoms with Crippen LogP contribution in [0.2, 0.25) is 5.02 Å². The summed E-state index contributed by atoms with van der Waals surface area (Å²) in [4.78, 5) is 21.0. The lowest BCUT2D eigenvalue weighted by molar-refractivity contribution is -0.0398. The van der Waals surface area contributed by atoms with Crippen molar-refractivity contribution in [2.75, 3.05) is 57.9 Å². The first-order valence-corrected chi connectivity index (χ1v) is 22.0. The van der Waals surface area contributed by atoms with Crippen molar-refractivity contribution in [1.29, 1.82) is 0 Å². The van der Waals surface area contributed by atoms with Gasteiger partial charge in [-0.2, -0.15) is 0 Å². The number of likely N-dealkylation sites (N-methyl/N-ethyl adjacent to an activating group) is 1. The highest BCUT2D eigenvalue weighted by atomic mass is 35.5. The quantitative estimate of drug-likeness (QED) is 0.355. The number of carbonyl (C=O) groups is 1. The molecule has 2 aromatic carbocycles. The molecule has 0 unspecified atom stereocenters. The first-order valence-electron chi connectivity index (χ1n) is 20.1. The third-order valence-electron chi connectivity index (χ3n) is 14.3. The molecule has 0 radical (unpaired) electrons. The molecule has 1 spiro atoms. The molecule has 4 heterocycles. The Balaban J connectivity index is 1.14. The fraction of sp³-hybridized carbons (Fsp3) is 0.643. The molecule has 7 aliphatic rings. The Labute approximate surface area is 325 Å². The first kappa shape index (κ1) is 38.2. The lowest BCUT2D eigenvalue weighted by Gasteiger charge is -2.49. The lowest BCUT2D eigenvalue weighted by Crippen LogP contribution is -2.55. The average molecular weight is 783 g/mol. The Kier molecular flexibility index (Phi) is 10.4. The van der Waals surface area contributed by atoms with E-state index >= 15 is 4.39 Å². The molecule has 1 amide bonds. The van der Waals surface area contributed by atoms with Gasteiger partial charge in [0.1, 0.15) is 11.6 Å². The molecule has 12 heteroatoms. The van der Waals surface area contributed by atoms with Crippen LogP contribution in [0.25, 0.3) is 0 Å². The topological polar surface area (TPSA) is 91.4 Å². The Morgan fingerprint density at radius 1 is 1.07 bits per heavy atom. The molecule has 9 nitrogen and oxygen atoms in total. The van der Waals surface area contributed by atoms with Crippen molar-refractivity contribution in [1.82, 2.24) is 14.5 Å². The summed E-state index contributed by atoms with van der Waals surface area (Å²) in [5.41, 5.74) is 3.40. The van der Waals surface area contributed by atoms with Crippen molar-refractivity contribution in [3.05, 3.63) is 69.5 Å². The fourth-order valence-corrected chi connectivity index (χ4v) is 11.8. The number of anilines is 1. The van der Waals surface area contributed by atoms with Gasteiger partial charge in [0.2, 0.25) is 10.0 Å². The van der Waals surface area contributed by atoms with Gasteiger partial charge in [-0.3, -0.25) is 14.6 Å². The molecule has 4 aliphatic heterocycles. The molecule has 9 rings (SSSR count). The number of hydrogen-bond acceptors (Lipinski definition) is 8. The number of amides is 1. The minimum Gasteiger partial charge on any atom is -0.490 e. The molecule has 2 aromatic rings. The van der Waals surface area contributed by atoms with E-state index in [-0.39, 0.29) is 34.3 Å². The molecule has 294 valence electrons. The van der Waals surface area contributed by atoms with Crippen LogP contribution in [-0.2, 0) is 26.6 Å². The molecule has 0 aromatic heterocycles. The van der Waals surface area contributed by atoms with E-state index in [0.29, 0.717) is 61.4 Å². The summed E-state index contributed by atoms with van der Waals surface area (Å²) in [5.74, 6) is 0.186. The number of carbonyl (C=O) groups excluding carboxylic acids is 1. The van der Waals surface area contributed by atoms with Gasteiger partial charge >= 0.3 is 0 Å². The summed E-state index contributed by atoms with van der Waals surface area (Å²) in [6, 6.07) is 9.82. The number of fused-ring (bicyclic) bond motifs is 6. The number of ether oxygens (including phenoxy) is 2. The van der Waals surface area contributed by atoms with Gasteiger partial charge in [-0.15, -0.1) is 0 Å². The van der Waals surface area contributed by atoms with Crippen molar-refractivity contribution < 1.29 is 27.1 Å². The Morgan fingerprint density at radius 2 is 1.83 bits per heavy atom. The van der Waals surface area contributed by atoms with Crippen LogP contribution in [0.3, 0.4) is 0 Å². The fourth-order valence-electron chi connectivity index (χ4n) is 10.3. The third-order valence-corrected chi connectivity index (χ3v) is 16.4. The number of sulfonamides is 1. The van der Waals surface area contributed by atoms with Gasteiger partial charge < -0.3 is 14.4 Å². The van der Waals surface area contributed by atoms with Crippen LogP contribution in [0.4, 0.5) is 10.1 Å². The maximum Gasteiger partial charge on any atom is 0.264 e. The summed E-state index contributed by atoms with van der Waals surface area (Å²) in [7, 11) is -1.77. The number of allylic oxidation sites excluding steroid dienone is 1. The van der Waals surface area contributed by atoms with Crippen LogP contribution in [0.5, 0.6) is 5.75 Å². The molecule has 1 N–H and O–H groups in total. The van der Waals surface area contributed by atoms with Gasteiger partial charge in [-0.1, -0.05) is 30.7 Å². The second-order valence-corrected chi connectivity index (χ2v) is 19.9. The van der Waals surface area contributed by atoms with Gasteiger partial charge in [-0.25, -0.2) is 17.5 Å². The average Bonchev–Trinajstić information content (AvgIpc) is 3.25. The van der Waals surface area contributed by atoms with E-state index in [0.717, 1.165) is 69.5 Å². The highest BCUT2D eigenvalue weighted by Gasteiger charge is 2.47. The normalized spacial score (nSPS) is 35.4. The van der Waals surface area contributed by atoms with E-state index in [1.165, 1.54) is 5.57 Å². The smallest absolute Gasteiger partial charge is 0.264 e. The van der Waals surface area contributed by atoms with Crippen LogP contribution in [0.15, 0.2) is 42.0 Å². The van der Waals surface area contributed by atoms with Crippen molar-refractivity contribution >= 4 is 33.2 Å². The number of nitrogens with zero attached hydrogens (tertiary/aromatic N) is 3. The summed E-state index contributed by atoms with van der Waals surface area (Å²) < 4.78 is 58.8. The zero-order valence-electron chi connectivity index (χ0n) is 32.3. The molecular formula is C42H56ClFN4O5S. The summed E-state index contributed by atoms with van der Waals surface area (Å²) in [6.07, 6.45) is 7.38. The predicted molar refractivity (Wildman–Crippen MR) is 210 cm³/mol. The molecule has 9 atom stereocenters. The van der Waals surface area contributed by atoms with Gasteiger partial charge in [0.05, 0.1) is 35.3 Å². The van der Waals surface area contributed by atoms with Gasteiger partial charge in [0.15, 0.2) is 0 Å². The number of halogens is 2. The third kappa shape index (κ3) is 6.88. The highest BCUT2D eigenvalue weighted by Crippen LogP contribution is 2.50. The largest absolute Gasteiger partial charge is 0.490 e. The lowest BCUT2D eigenvalue weighted by atomic mass is 9.64. The van der Waals surface area contributed by atoms with E-state index in [9.17, 15) is 13.2 Å². The summed E-state index contributed by atoms with van der Waals surface area (Å²) in [6.45, 7) is 13.5. The monoisotopic (exact) mass is 782 g/mol. The Hall–Kier alpha value is -2.70. The van der Waals surface area contributed by atoms with Gasteiger partial charge in [-0.05, 0) is 131 Å². The maximum atomic E-state index is 15.5. The molecule has 1 saturated carbocycles. The molecular weight excluding hydrogens is 727 g/mol. The van der Waals surface area contributed by atoms with Crippen molar-refractivity contribution in [2.45, 2.75) is 95.1 Å². The number of hydrogen-bond donors (Lipinski definition) is 1. The van der Waals surface area contributed by atoms with Crippen molar-refractivity contribution in [2.24, 2.45) is 23.7 Å². The van der Waals surface area contributed by atoms with Crippen LogP contribution in [0.1, 0.15) is 81.3 Å². The summed E-state index contributed by atoms with van der Waals surface area (Å²) >= 11 is 6.29. The molecule has 3 aliphatic carbocycles. The number of benzene rings is 2. The van der Waals surface area contributed by atoms with Crippen LogP contribution in [0, 0.1) is 29.5 Å². The number of nitrogens with one attached hydrogen (secondary N) is 1. The molecule has 1 saturated heterocycles. The van der Waals surface area contributed by atoms with E-state index in [1.54, 1.807) is 31.2 Å². The standard InChI is InChI=1S/C42H56ClFN4O5S/c1-25-20-47(21-26(2)46(25)5)15-16-52-40-32-17-31(18-32)27(3)28(4)54(50,51)45-41(49)29-9-13-38-37(19-29)48(22-30-8-10-33(30)40)23-42(24-53-38)14-6-7-34-35(42)11-12-36(43)39(34)44/h9,11-13,17,19,25-28,30-31,33,40H,6-8,10,14-16,18,20-24H2,1-5H3,(H,45,49)/t25-,26+,27-,28-,30+,31+,33-,40+,42+/m1/s1. The van der Waals surface area contributed by atoms with E-state index < -0.39 is 26.6 Å². The van der Waals surface area contributed by atoms with Crippen LogP contribution < -0.4 is 14.4 Å². The minimum absolute atomic E-state index is 0.0383. The minimum atomic E-state index is -3.97. The van der Waals surface area contributed by atoms with Crippen LogP contribution >= 0.6 is 11.6 Å². The predicted octanol–water partition coefficient (Wildman–Crippen LogP) is 6.43. The van der Waals surface area contributed by atoms with Gasteiger partial charge in [0.25, 0.3) is 5.91 Å². The van der Waals surface area contributed by atoms with Crippen LogP contribution in [-0.4, -0.2) is 101 Å². The van der Waals surface area contributed by atoms with E-state index in [1.807, 2.05) is 13.0 Å². The number of piperazine rings is 1. The molecule has 4 bridgehead atoms. The molecule has 2 fully saturated rings. The van der Waals surface area contributed by atoms with Gasteiger partial charge in [0, 0.05) is 55.8 Å². The number of rotatable bonds is 4. The Bertz CT molecular complexity index is 1920. The van der Waals surface area contributed by atoms with Crippen molar-refractivity contribution in [3.63, 3.8) is 0 Å². The second-order valence-electron chi connectivity index (χ2n) is 17.4. The Morgan fingerprint density at radius 3 is 2.56 bits per heavy atom. The molecule has 54 heavy (non-hydrogen) atoms. The summed E-state index contributed by atoms with van der Waals surface area (Å²) in [5, 5.41) is -0.634. The zero-order valence-corrected chi connectivity index (χ0v) is 33.9. The zero-order chi connectivity index (χ0) is 38.1. The van der Waals surface area contributed by atoms with Crippen molar-refractivity contribution in [3.8, 4) is 5.75 Å². The SMILES string of the molecule is C[C@@H]1[C@@H](C)S(=O)(=O)NC(=O)c2ccc3c(c2)N(C[C@@H]2CC[C@H]2[C@@H](OCCN2C[C@@H](C)N(C)[C@@H](C)C2)C2=C[C@H]1C2)C[C@@]1(CCCc2c1ccc(Cl)c2F)CO3. The maximum absolute atomic E-state index is 15.5. The highest BCUT2D eigenvalue weighted by molar-refractivity contribution is 7.90.